The molecular weight excluding hydrogens is 202 g/mol. The first kappa shape index (κ1) is 12.9. The van der Waals surface area contributed by atoms with E-state index >= 15 is 0 Å². The van der Waals surface area contributed by atoms with E-state index in [1.807, 2.05) is 6.07 Å². The molecule has 0 fully saturated rings. The van der Waals surface area contributed by atoms with E-state index < -0.39 is 0 Å². The van der Waals surface area contributed by atoms with Gasteiger partial charge in [0.25, 0.3) is 0 Å². The largest absolute Gasteiger partial charge is 0.378 e. The van der Waals surface area contributed by atoms with Crippen molar-refractivity contribution in [2.75, 3.05) is 19.0 Å². The Hall–Kier alpha value is -1.16. The molecule has 0 saturated heterocycles. The molecule has 0 aliphatic carbocycles. The fourth-order valence-electron chi connectivity index (χ4n) is 1.33. The van der Waals surface area contributed by atoms with Crippen LogP contribution in [-0.2, 0) is 16.8 Å². The number of anilines is 1. The molecule has 0 spiro atoms. The van der Waals surface area contributed by atoms with E-state index in [0.717, 1.165) is 23.9 Å². The highest BCUT2D eigenvalue weighted by molar-refractivity contribution is 5.36. The third kappa shape index (κ3) is 3.45. The molecule has 0 aliphatic rings. The van der Waals surface area contributed by atoms with Crippen LogP contribution in [0.15, 0.2) is 6.07 Å². The van der Waals surface area contributed by atoms with Crippen molar-refractivity contribution in [3.63, 3.8) is 0 Å². The Kier molecular flexibility index (Phi) is 4.24. The van der Waals surface area contributed by atoms with Gasteiger partial charge in [0.05, 0.1) is 12.3 Å². The first-order valence-electron chi connectivity index (χ1n) is 5.58. The van der Waals surface area contributed by atoms with Crippen molar-refractivity contribution in [1.29, 1.82) is 0 Å². The third-order valence-electron chi connectivity index (χ3n) is 2.10. The van der Waals surface area contributed by atoms with Crippen molar-refractivity contribution in [3.8, 4) is 0 Å². The van der Waals surface area contributed by atoms with Gasteiger partial charge in [-0.15, -0.1) is 0 Å². The van der Waals surface area contributed by atoms with E-state index in [0.29, 0.717) is 6.61 Å². The van der Waals surface area contributed by atoms with Crippen LogP contribution < -0.4 is 5.32 Å². The average molecular weight is 223 g/mol. The van der Waals surface area contributed by atoms with Crippen LogP contribution in [0.4, 0.5) is 5.82 Å². The highest BCUT2D eigenvalue weighted by Crippen LogP contribution is 2.20. The summed E-state index contributed by atoms with van der Waals surface area (Å²) in [5, 5.41) is 3.21. The van der Waals surface area contributed by atoms with Crippen molar-refractivity contribution in [1.82, 2.24) is 9.97 Å². The maximum atomic E-state index is 5.11. The molecule has 0 saturated carbocycles. The van der Waals surface area contributed by atoms with Gasteiger partial charge in [-0.1, -0.05) is 20.8 Å². The van der Waals surface area contributed by atoms with Gasteiger partial charge in [-0.3, -0.25) is 0 Å². The van der Waals surface area contributed by atoms with Crippen LogP contribution >= 0.6 is 0 Å². The van der Waals surface area contributed by atoms with E-state index in [2.05, 4.69) is 43.0 Å². The summed E-state index contributed by atoms with van der Waals surface area (Å²) in [4.78, 5) is 9.00. The molecule has 0 aliphatic heterocycles. The quantitative estimate of drug-likeness (QED) is 0.851. The Balaban J connectivity index is 3.08. The van der Waals surface area contributed by atoms with Crippen LogP contribution in [0.3, 0.4) is 0 Å². The molecule has 1 aromatic heterocycles. The molecule has 1 heterocycles. The number of nitrogens with one attached hydrogen (secondary N) is 1. The Morgan fingerprint density at radius 1 is 1.31 bits per heavy atom. The van der Waals surface area contributed by atoms with Gasteiger partial charge in [-0.2, -0.15) is 0 Å². The van der Waals surface area contributed by atoms with Gasteiger partial charge in [0.2, 0.25) is 0 Å². The predicted octanol–water partition coefficient (Wildman–Crippen LogP) is 2.35. The number of aromatic nitrogens is 2. The Morgan fingerprint density at radius 2 is 2.00 bits per heavy atom. The summed E-state index contributed by atoms with van der Waals surface area (Å²) >= 11 is 0. The summed E-state index contributed by atoms with van der Waals surface area (Å²) in [6.07, 6.45) is 0. The number of rotatable bonds is 4. The lowest BCUT2D eigenvalue weighted by Crippen LogP contribution is -2.18. The van der Waals surface area contributed by atoms with Gasteiger partial charge >= 0.3 is 0 Å². The second-order valence-corrected chi connectivity index (χ2v) is 4.78. The molecule has 1 rings (SSSR count). The van der Waals surface area contributed by atoms with Crippen LogP contribution in [0.5, 0.6) is 0 Å². The van der Waals surface area contributed by atoms with Crippen LogP contribution in [0.2, 0.25) is 0 Å². The molecular formula is C12H21N3O. The lowest BCUT2D eigenvalue weighted by molar-refractivity contribution is 0.181. The molecule has 4 heteroatoms. The zero-order valence-corrected chi connectivity index (χ0v) is 10.8. The summed E-state index contributed by atoms with van der Waals surface area (Å²) in [7, 11) is 1.67. The van der Waals surface area contributed by atoms with Crippen molar-refractivity contribution >= 4 is 5.82 Å². The SMILES string of the molecule is CCNc1cc(COC)nc(C(C)(C)C)n1. The van der Waals surface area contributed by atoms with Gasteiger partial charge in [-0.25, -0.2) is 9.97 Å². The van der Waals surface area contributed by atoms with E-state index in [4.69, 9.17) is 4.74 Å². The second-order valence-electron chi connectivity index (χ2n) is 4.78. The predicted molar refractivity (Wildman–Crippen MR) is 65.6 cm³/mol. The maximum absolute atomic E-state index is 5.11. The molecule has 0 aromatic carbocycles. The molecule has 0 bridgehead atoms. The average Bonchev–Trinajstić information content (AvgIpc) is 2.17. The molecule has 90 valence electrons. The topological polar surface area (TPSA) is 47.0 Å². The molecule has 4 nitrogen and oxygen atoms in total. The Morgan fingerprint density at radius 3 is 2.50 bits per heavy atom. The molecule has 0 radical (unpaired) electrons. The number of hydrogen-bond acceptors (Lipinski definition) is 4. The first-order valence-corrected chi connectivity index (χ1v) is 5.58. The van der Waals surface area contributed by atoms with Crippen molar-refractivity contribution < 1.29 is 4.74 Å². The standard InChI is InChI=1S/C12H21N3O/c1-6-13-10-7-9(8-16-5)14-11(15-10)12(2,3)4/h7H,6,8H2,1-5H3,(H,13,14,15). The van der Waals surface area contributed by atoms with E-state index in [1.54, 1.807) is 7.11 Å². The summed E-state index contributed by atoms with van der Waals surface area (Å²) in [5.41, 5.74) is 0.867. The van der Waals surface area contributed by atoms with Gasteiger partial charge in [0.1, 0.15) is 11.6 Å². The van der Waals surface area contributed by atoms with Crippen molar-refractivity contribution in [3.05, 3.63) is 17.6 Å². The number of methoxy groups -OCH3 is 1. The maximum Gasteiger partial charge on any atom is 0.136 e. The first-order chi connectivity index (χ1) is 7.47. The number of nitrogens with zero attached hydrogens (tertiary/aromatic N) is 2. The fraction of sp³-hybridized carbons (Fsp3) is 0.667. The van der Waals surface area contributed by atoms with E-state index in [-0.39, 0.29) is 5.41 Å². The van der Waals surface area contributed by atoms with Crippen LogP contribution in [0.1, 0.15) is 39.2 Å². The monoisotopic (exact) mass is 223 g/mol. The van der Waals surface area contributed by atoms with Crippen LogP contribution in [0, 0.1) is 0 Å². The summed E-state index contributed by atoms with van der Waals surface area (Å²) < 4.78 is 5.11. The second kappa shape index (κ2) is 5.25. The van der Waals surface area contributed by atoms with Gasteiger partial charge in [-0.05, 0) is 6.92 Å². The van der Waals surface area contributed by atoms with Gasteiger partial charge in [0.15, 0.2) is 0 Å². The number of hydrogen-bond donors (Lipinski definition) is 1. The molecule has 16 heavy (non-hydrogen) atoms. The lowest BCUT2D eigenvalue weighted by Gasteiger charge is -2.18. The summed E-state index contributed by atoms with van der Waals surface area (Å²) in [6, 6.07) is 1.93. The van der Waals surface area contributed by atoms with Crippen molar-refractivity contribution in [2.24, 2.45) is 0 Å². The lowest BCUT2D eigenvalue weighted by atomic mass is 9.95. The molecule has 0 atom stereocenters. The normalized spacial score (nSPS) is 11.6. The molecule has 1 N–H and O–H groups in total. The minimum atomic E-state index is -0.0477. The Bertz CT molecular complexity index is 320. The zero-order valence-electron chi connectivity index (χ0n) is 10.8. The minimum Gasteiger partial charge on any atom is -0.378 e. The summed E-state index contributed by atoms with van der Waals surface area (Å²) in [5.74, 6) is 1.72. The molecule has 0 unspecified atom stereocenters. The molecule has 1 aromatic rings. The smallest absolute Gasteiger partial charge is 0.136 e. The van der Waals surface area contributed by atoms with Gasteiger partial charge < -0.3 is 10.1 Å². The highest BCUT2D eigenvalue weighted by Gasteiger charge is 2.18. The fourth-order valence-corrected chi connectivity index (χ4v) is 1.33. The highest BCUT2D eigenvalue weighted by atomic mass is 16.5. The Labute approximate surface area is 97.5 Å². The number of ether oxygens (including phenoxy) is 1. The minimum absolute atomic E-state index is 0.0477. The van der Waals surface area contributed by atoms with E-state index in [9.17, 15) is 0 Å². The van der Waals surface area contributed by atoms with Crippen molar-refractivity contribution in [2.45, 2.75) is 39.7 Å². The molecule has 0 amide bonds. The van der Waals surface area contributed by atoms with E-state index in [1.165, 1.54) is 0 Å². The van der Waals surface area contributed by atoms with Crippen LogP contribution in [-0.4, -0.2) is 23.6 Å². The van der Waals surface area contributed by atoms with Gasteiger partial charge in [0, 0.05) is 25.1 Å². The zero-order chi connectivity index (χ0) is 12.2. The van der Waals surface area contributed by atoms with Crippen LogP contribution in [0.25, 0.3) is 0 Å². The summed E-state index contributed by atoms with van der Waals surface area (Å²) in [6.45, 7) is 9.74. The third-order valence-corrected chi connectivity index (χ3v) is 2.10.